The van der Waals surface area contributed by atoms with Crippen molar-refractivity contribution in [3.05, 3.63) is 48.6 Å². The fourth-order valence-corrected chi connectivity index (χ4v) is 6.10. The zero-order valence-corrected chi connectivity index (χ0v) is 29.8. The Bertz CT molecular complexity index is 661. The molecule has 1 heterocycles. The Morgan fingerprint density at radius 1 is 0.523 bits per heavy atom. The molecule has 1 atom stereocenters. The summed E-state index contributed by atoms with van der Waals surface area (Å²) >= 11 is 0. The maximum atomic E-state index is 6.53. The van der Waals surface area contributed by atoms with E-state index in [-0.39, 0.29) is 11.9 Å². The molecule has 0 saturated carbocycles. The SMILES string of the molecule is CCCCC/C=C\C/C=C\CCCCCCCCC1(CCCCCCCC/C=C\C/C=C\CCCCC)OCC(CNC)O1. The van der Waals surface area contributed by atoms with E-state index in [4.69, 9.17) is 9.47 Å². The molecule has 1 fully saturated rings. The number of likely N-dealkylation sites (N-methyl/N-ethyl adjacent to an activating group) is 1. The number of hydrogen-bond donors (Lipinski definition) is 1. The molecule has 0 radical (unpaired) electrons. The highest BCUT2D eigenvalue weighted by Crippen LogP contribution is 2.34. The van der Waals surface area contributed by atoms with Gasteiger partial charge in [-0.05, 0) is 84.1 Å². The summed E-state index contributed by atoms with van der Waals surface area (Å²) in [6.45, 7) is 6.16. The lowest BCUT2D eigenvalue weighted by Gasteiger charge is -2.28. The van der Waals surface area contributed by atoms with Gasteiger partial charge in [-0.2, -0.15) is 0 Å². The highest BCUT2D eigenvalue weighted by Gasteiger charge is 2.40. The third kappa shape index (κ3) is 25.1. The van der Waals surface area contributed by atoms with Gasteiger partial charge in [-0.3, -0.25) is 0 Å². The molecule has 256 valence electrons. The van der Waals surface area contributed by atoms with Crippen LogP contribution < -0.4 is 5.32 Å². The lowest BCUT2D eigenvalue weighted by atomic mass is 9.98. The first-order valence-corrected chi connectivity index (χ1v) is 19.3. The van der Waals surface area contributed by atoms with Gasteiger partial charge >= 0.3 is 0 Å². The standard InChI is InChI=1S/C41H75NO2/c1-4-6-8-10-12-14-16-18-20-22-24-26-28-30-32-34-36-41(43-39-40(44-41)38-42-3)37-35-33-31-29-27-25-23-21-19-17-15-13-11-9-7-5-2/h12-15,18-21,40,42H,4-11,16-17,22-39H2,1-3H3/b14-12-,15-13-,20-18-,21-19-. The minimum absolute atomic E-state index is 0.203. The molecule has 1 saturated heterocycles. The molecule has 1 aliphatic rings. The number of hydrogen-bond acceptors (Lipinski definition) is 3. The van der Waals surface area contributed by atoms with E-state index in [0.717, 1.165) is 38.8 Å². The van der Waals surface area contributed by atoms with Crippen LogP contribution in [0.2, 0.25) is 0 Å². The van der Waals surface area contributed by atoms with Crippen LogP contribution in [0, 0.1) is 0 Å². The molecule has 1 unspecified atom stereocenters. The second kappa shape index (κ2) is 31.8. The Labute approximate surface area is 275 Å². The summed E-state index contributed by atoms with van der Waals surface area (Å²) in [5, 5.41) is 3.27. The monoisotopic (exact) mass is 614 g/mol. The van der Waals surface area contributed by atoms with E-state index in [1.807, 2.05) is 7.05 Å². The van der Waals surface area contributed by atoms with Gasteiger partial charge in [0.15, 0.2) is 5.79 Å². The number of allylic oxidation sites excluding steroid dienone is 8. The smallest absolute Gasteiger partial charge is 0.168 e. The average Bonchev–Trinajstić information content (AvgIpc) is 3.43. The minimum Gasteiger partial charge on any atom is -0.347 e. The van der Waals surface area contributed by atoms with Crippen molar-refractivity contribution in [1.29, 1.82) is 0 Å². The van der Waals surface area contributed by atoms with Gasteiger partial charge in [0.2, 0.25) is 0 Å². The summed E-state index contributed by atoms with van der Waals surface area (Å²) < 4.78 is 12.9. The first kappa shape index (κ1) is 40.9. The summed E-state index contributed by atoms with van der Waals surface area (Å²) in [4.78, 5) is 0. The molecule has 1 rings (SSSR count). The molecular formula is C41H75NO2. The van der Waals surface area contributed by atoms with Crippen LogP contribution >= 0.6 is 0 Å². The first-order chi connectivity index (χ1) is 21.8. The van der Waals surface area contributed by atoms with Crippen molar-refractivity contribution in [2.45, 2.75) is 193 Å². The third-order valence-electron chi connectivity index (χ3n) is 8.86. The molecule has 3 heteroatoms. The Morgan fingerprint density at radius 2 is 0.909 bits per heavy atom. The van der Waals surface area contributed by atoms with Gasteiger partial charge in [0, 0.05) is 19.4 Å². The molecule has 1 N–H and O–H groups in total. The van der Waals surface area contributed by atoms with Gasteiger partial charge < -0.3 is 14.8 Å². The van der Waals surface area contributed by atoms with E-state index in [2.05, 4.69) is 67.8 Å². The van der Waals surface area contributed by atoms with Crippen LogP contribution in [0.4, 0.5) is 0 Å². The van der Waals surface area contributed by atoms with Gasteiger partial charge in [0.1, 0.15) is 0 Å². The van der Waals surface area contributed by atoms with Gasteiger partial charge in [0.25, 0.3) is 0 Å². The quantitative estimate of drug-likeness (QED) is 0.0605. The molecule has 0 aliphatic carbocycles. The van der Waals surface area contributed by atoms with E-state index in [1.165, 1.54) is 141 Å². The van der Waals surface area contributed by atoms with Crippen molar-refractivity contribution in [2.75, 3.05) is 20.2 Å². The second-order valence-corrected chi connectivity index (χ2v) is 13.2. The van der Waals surface area contributed by atoms with E-state index in [0.29, 0.717) is 0 Å². The number of ether oxygens (including phenoxy) is 2. The molecule has 0 aromatic heterocycles. The van der Waals surface area contributed by atoms with Gasteiger partial charge in [-0.25, -0.2) is 0 Å². The lowest BCUT2D eigenvalue weighted by Crippen LogP contribution is -2.33. The number of nitrogens with one attached hydrogen (secondary N) is 1. The summed E-state index contributed by atoms with van der Waals surface area (Å²) in [5.74, 6) is -0.327. The van der Waals surface area contributed by atoms with Crippen molar-refractivity contribution in [2.24, 2.45) is 0 Å². The van der Waals surface area contributed by atoms with E-state index >= 15 is 0 Å². The first-order valence-electron chi connectivity index (χ1n) is 19.3. The Kier molecular flexibility index (Phi) is 29.5. The van der Waals surface area contributed by atoms with E-state index in [9.17, 15) is 0 Å². The molecule has 0 spiro atoms. The molecule has 0 aromatic carbocycles. The van der Waals surface area contributed by atoms with Gasteiger partial charge in [-0.1, -0.05) is 140 Å². The van der Waals surface area contributed by atoms with Crippen LogP contribution in [0.5, 0.6) is 0 Å². The molecule has 0 amide bonds. The summed E-state index contributed by atoms with van der Waals surface area (Å²) in [5.41, 5.74) is 0. The van der Waals surface area contributed by atoms with Crippen molar-refractivity contribution in [3.8, 4) is 0 Å². The fourth-order valence-electron chi connectivity index (χ4n) is 6.10. The minimum atomic E-state index is -0.327. The molecule has 0 bridgehead atoms. The zero-order valence-electron chi connectivity index (χ0n) is 29.8. The lowest BCUT2D eigenvalue weighted by molar-refractivity contribution is -0.178. The van der Waals surface area contributed by atoms with Crippen molar-refractivity contribution >= 4 is 0 Å². The van der Waals surface area contributed by atoms with Crippen LogP contribution in [0.1, 0.15) is 181 Å². The third-order valence-corrected chi connectivity index (χ3v) is 8.86. The van der Waals surface area contributed by atoms with Crippen molar-refractivity contribution in [1.82, 2.24) is 5.32 Å². The molecule has 1 aliphatic heterocycles. The molecule has 0 aromatic rings. The summed E-state index contributed by atoms with van der Waals surface area (Å²) in [6.07, 6.45) is 52.1. The maximum absolute atomic E-state index is 6.53. The zero-order chi connectivity index (χ0) is 31.7. The highest BCUT2D eigenvalue weighted by atomic mass is 16.7. The van der Waals surface area contributed by atoms with Crippen LogP contribution in [0.3, 0.4) is 0 Å². The molecule has 44 heavy (non-hydrogen) atoms. The molecular weight excluding hydrogens is 538 g/mol. The number of unbranched alkanes of at least 4 members (excludes halogenated alkanes) is 18. The van der Waals surface area contributed by atoms with Crippen molar-refractivity contribution < 1.29 is 9.47 Å². The Morgan fingerprint density at radius 3 is 1.32 bits per heavy atom. The van der Waals surface area contributed by atoms with Crippen LogP contribution in [0.15, 0.2) is 48.6 Å². The average molecular weight is 614 g/mol. The highest BCUT2D eigenvalue weighted by molar-refractivity contribution is 4.93. The van der Waals surface area contributed by atoms with Crippen LogP contribution in [0.25, 0.3) is 0 Å². The Balaban J connectivity index is 2.08. The Hall–Kier alpha value is -1.16. The largest absolute Gasteiger partial charge is 0.347 e. The second-order valence-electron chi connectivity index (χ2n) is 13.2. The predicted octanol–water partition coefficient (Wildman–Crippen LogP) is 12.7. The van der Waals surface area contributed by atoms with E-state index in [1.54, 1.807) is 0 Å². The summed E-state index contributed by atoms with van der Waals surface area (Å²) in [6, 6.07) is 0. The van der Waals surface area contributed by atoms with Crippen LogP contribution in [-0.2, 0) is 9.47 Å². The van der Waals surface area contributed by atoms with Crippen LogP contribution in [-0.4, -0.2) is 32.1 Å². The predicted molar refractivity (Wildman–Crippen MR) is 195 cm³/mol. The topological polar surface area (TPSA) is 30.5 Å². The normalized spacial score (nSPS) is 17.0. The molecule has 3 nitrogen and oxygen atoms in total. The maximum Gasteiger partial charge on any atom is 0.168 e. The fraction of sp³-hybridized carbons (Fsp3) is 0.805. The van der Waals surface area contributed by atoms with Crippen molar-refractivity contribution in [3.63, 3.8) is 0 Å². The van der Waals surface area contributed by atoms with Gasteiger partial charge in [0.05, 0.1) is 12.7 Å². The number of rotatable bonds is 32. The van der Waals surface area contributed by atoms with Gasteiger partial charge in [-0.15, -0.1) is 0 Å². The summed E-state index contributed by atoms with van der Waals surface area (Å²) in [7, 11) is 2.01. The van der Waals surface area contributed by atoms with E-state index < -0.39 is 0 Å².